The second kappa shape index (κ2) is 11.0. The first-order chi connectivity index (χ1) is 19.6. The maximum absolute atomic E-state index is 12.4. The Morgan fingerprint density at radius 2 is 1.98 bits per heavy atom. The molecular formula is C30H37ClN8O2. The Morgan fingerprint density at radius 1 is 1.20 bits per heavy atom. The van der Waals surface area contributed by atoms with Gasteiger partial charge in [-0.2, -0.15) is 5.10 Å². The number of carbonyl (C=O) groups is 1. The summed E-state index contributed by atoms with van der Waals surface area (Å²) in [5.74, 6) is 2.02. The second-order valence-electron chi connectivity index (χ2n) is 12.1. The number of fused-ring (bicyclic) bond motifs is 1. The molecule has 1 aromatic carbocycles. The van der Waals surface area contributed by atoms with Crippen molar-refractivity contribution in [1.82, 2.24) is 34.5 Å². The molecule has 0 spiro atoms. The zero-order valence-corrected chi connectivity index (χ0v) is 24.8. The second-order valence-corrected chi connectivity index (χ2v) is 12.5. The van der Waals surface area contributed by atoms with Crippen molar-refractivity contribution >= 4 is 40.5 Å². The molecule has 2 aliphatic rings. The summed E-state index contributed by atoms with van der Waals surface area (Å²) in [6.45, 7) is 11.6. The highest BCUT2D eigenvalue weighted by Crippen LogP contribution is 2.35. The number of hydrogen-bond donors (Lipinski definition) is 2. The van der Waals surface area contributed by atoms with Crippen molar-refractivity contribution < 1.29 is 9.53 Å². The molecule has 4 heterocycles. The molecule has 1 unspecified atom stereocenters. The molecule has 216 valence electrons. The Kier molecular flexibility index (Phi) is 7.37. The normalized spacial score (nSPS) is 17.1. The Morgan fingerprint density at radius 3 is 2.71 bits per heavy atom. The minimum atomic E-state index is -0.491. The highest BCUT2D eigenvalue weighted by molar-refractivity contribution is 6.37. The Labute approximate surface area is 245 Å². The largest absolute Gasteiger partial charge is 0.444 e. The van der Waals surface area contributed by atoms with E-state index < -0.39 is 5.60 Å². The van der Waals surface area contributed by atoms with Gasteiger partial charge >= 0.3 is 6.09 Å². The average molecular weight is 577 g/mol. The van der Waals surface area contributed by atoms with Crippen molar-refractivity contribution in [3.05, 3.63) is 53.4 Å². The number of amides is 1. The number of piperazine rings is 1. The average Bonchev–Trinajstić information content (AvgIpc) is 3.46. The van der Waals surface area contributed by atoms with Crippen molar-refractivity contribution in [3.63, 3.8) is 0 Å². The quantitative estimate of drug-likeness (QED) is 0.268. The first-order valence-corrected chi connectivity index (χ1v) is 14.7. The molecule has 1 aliphatic carbocycles. The van der Waals surface area contributed by atoms with E-state index in [1.807, 2.05) is 55.9 Å². The number of carbonyl (C=O) groups excluding carboxylic acids is 1. The van der Waals surface area contributed by atoms with Crippen LogP contribution < -0.4 is 5.32 Å². The van der Waals surface area contributed by atoms with Crippen LogP contribution in [-0.2, 0) is 11.3 Å². The number of halogens is 1. The molecular weight excluding hydrogens is 540 g/mol. The summed E-state index contributed by atoms with van der Waals surface area (Å²) in [5, 5.41) is 8.43. The van der Waals surface area contributed by atoms with Gasteiger partial charge in [0.15, 0.2) is 0 Å². The smallest absolute Gasteiger partial charge is 0.410 e. The van der Waals surface area contributed by atoms with Crippen molar-refractivity contribution in [2.45, 2.75) is 58.7 Å². The Hall–Kier alpha value is -3.63. The maximum Gasteiger partial charge on any atom is 0.410 e. The van der Waals surface area contributed by atoms with Gasteiger partial charge in [0.05, 0.1) is 16.7 Å². The lowest BCUT2D eigenvalue weighted by Crippen LogP contribution is -2.50. The van der Waals surface area contributed by atoms with Gasteiger partial charge in [-0.15, -0.1) is 0 Å². The first-order valence-electron chi connectivity index (χ1n) is 14.3. The van der Waals surface area contributed by atoms with Gasteiger partial charge in [0, 0.05) is 62.3 Å². The number of H-pyrrole nitrogens is 1. The lowest BCUT2D eigenvalue weighted by atomic mass is 10.1. The molecule has 2 fully saturated rings. The van der Waals surface area contributed by atoms with Crippen LogP contribution in [0, 0.1) is 5.92 Å². The van der Waals surface area contributed by atoms with Crippen LogP contribution in [0.2, 0.25) is 5.02 Å². The monoisotopic (exact) mass is 576 g/mol. The fraction of sp³-hybridized carbons (Fsp3) is 0.467. The highest BCUT2D eigenvalue weighted by Gasteiger charge is 2.28. The van der Waals surface area contributed by atoms with Crippen LogP contribution in [0.1, 0.15) is 52.1 Å². The molecule has 3 aromatic heterocycles. The molecule has 6 rings (SSSR count). The number of imidazole rings is 1. The summed E-state index contributed by atoms with van der Waals surface area (Å²) in [6, 6.07) is 8.23. The van der Waals surface area contributed by atoms with Crippen molar-refractivity contribution in [3.8, 4) is 11.1 Å². The van der Waals surface area contributed by atoms with Gasteiger partial charge in [-0.05, 0) is 70.2 Å². The highest BCUT2D eigenvalue weighted by atomic mass is 35.5. The van der Waals surface area contributed by atoms with Crippen molar-refractivity contribution in [1.29, 1.82) is 0 Å². The zero-order chi connectivity index (χ0) is 28.7. The molecule has 41 heavy (non-hydrogen) atoms. The van der Waals surface area contributed by atoms with E-state index in [0.717, 1.165) is 47.8 Å². The standard InChI is InChI=1S/C30H37ClN8O2/c1-19(37-11-13-38(14-12-37)29(40)41-30(2,3)4)21-9-10-32-25(15-21)35-28-34-24-8-7-23(26(31)27(24)36-28)22-16-33-39(18-22)17-20-5-6-20/h7-10,15-16,18-20H,5-6,11-14,17H2,1-4H3,(H2,32,34,35,36). The van der Waals surface area contributed by atoms with E-state index in [4.69, 9.17) is 21.3 Å². The predicted molar refractivity (Wildman–Crippen MR) is 160 cm³/mol. The van der Waals surface area contributed by atoms with E-state index in [1.54, 1.807) is 11.1 Å². The number of benzene rings is 1. The third-order valence-electron chi connectivity index (χ3n) is 7.71. The van der Waals surface area contributed by atoms with E-state index >= 15 is 0 Å². The molecule has 0 radical (unpaired) electrons. The molecule has 10 nitrogen and oxygen atoms in total. The molecule has 1 saturated heterocycles. The third kappa shape index (κ3) is 6.33. The van der Waals surface area contributed by atoms with Gasteiger partial charge < -0.3 is 19.9 Å². The van der Waals surface area contributed by atoms with Gasteiger partial charge in [-0.1, -0.05) is 17.7 Å². The number of anilines is 2. The van der Waals surface area contributed by atoms with Gasteiger partial charge in [0.25, 0.3) is 0 Å². The molecule has 11 heteroatoms. The first kappa shape index (κ1) is 27.5. The number of rotatable bonds is 7. The molecule has 2 N–H and O–H groups in total. The molecule has 1 amide bonds. The predicted octanol–water partition coefficient (Wildman–Crippen LogP) is 6.24. The van der Waals surface area contributed by atoms with Crippen LogP contribution >= 0.6 is 11.6 Å². The van der Waals surface area contributed by atoms with Crippen molar-refractivity contribution in [2.24, 2.45) is 5.92 Å². The van der Waals surface area contributed by atoms with E-state index in [9.17, 15) is 4.79 Å². The van der Waals surface area contributed by atoms with Gasteiger partial charge in [0.2, 0.25) is 5.95 Å². The van der Waals surface area contributed by atoms with Gasteiger partial charge in [-0.25, -0.2) is 14.8 Å². The Balaban J connectivity index is 1.12. The fourth-order valence-electron chi connectivity index (χ4n) is 5.22. The molecule has 0 bridgehead atoms. The van der Waals surface area contributed by atoms with Gasteiger partial charge in [0.1, 0.15) is 16.9 Å². The Bertz CT molecular complexity index is 1550. The minimum Gasteiger partial charge on any atom is -0.444 e. The number of hydrogen-bond acceptors (Lipinski definition) is 7. The summed E-state index contributed by atoms with van der Waals surface area (Å²) in [6.07, 6.45) is 8.06. The molecule has 1 aliphatic heterocycles. The number of pyridine rings is 1. The summed E-state index contributed by atoms with van der Waals surface area (Å²) in [4.78, 5) is 29.2. The molecule has 1 saturated carbocycles. The number of nitrogens with one attached hydrogen (secondary N) is 2. The van der Waals surface area contributed by atoms with Crippen molar-refractivity contribution in [2.75, 3.05) is 31.5 Å². The van der Waals surface area contributed by atoms with Crippen LogP contribution in [0.25, 0.3) is 22.2 Å². The number of ether oxygens (including phenoxy) is 1. The summed E-state index contributed by atoms with van der Waals surface area (Å²) in [7, 11) is 0. The van der Waals surface area contributed by atoms with Crippen LogP contribution in [0.3, 0.4) is 0 Å². The topological polar surface area (TPSA) is 104 Å². The molecule has 1 atom stereocenters. The third-order valence-corrected chi connectivity index (χ3v) is 8.09. The van der Waals surface area contributed by atoms with E-state index in [0.29, 0.717) is 35.4 Å². The van der Waals surface area contributed by atoms with E-state index in [1.165, 1.54) is 12.8 Å². The van der Waals surface area contributed by atoms with E-state index in [2.05, 4.69) is 38.4 Å². The van der Waals surface area contributed by atoms with Crippen LogP contribution in [0.15, 0.2) is 42.9 Å². The number of nitrogens with zero attached hydrogens (tertiary/aromatic N) is 6. The van der Waals surface area contributed by atoms with Crippen LogP contribution in [0.5, 0.6) is 0 Å². The number of aromatic amines is 1. The lowest BCUT2D eigenvalue weighted by molar-refractivity contribution is 0.0110. The van der Waals surface area contributed by atoms with Crippen LogP contribution in [0.4, 0.5) is 16.6 Å². The summed E-state index contributed by atoms with van der Waals surface area (Å²) >= 11 is 6.83. The lowest BCUT2D eigenvalue weighted by Gasteiger charge is -2.38. The van der Waals surface area contributed by atoms with Gasteiger partial charge in [-0.3, -0.25) is 9.58 Å². The summed E-state index contributed by atoms with van der Waals surface area (Å²) in [5.41, 5.74) is 4.10. The SMILES string of the molecule is CC(c1ccnc(Nc2nc3c(Cl)c(-c4cnn(CC5CC5)c4)ccc3[nH]2)c1)N1CCN(C(=O)OC(C)(C)C)CC1. The zero-order valence-electron chi connectivity index (χ0n) is 24.0. The minimum absolute atomic E-state index is 0.160. The summed E-state index contributed by atoms with van der Waals surface area (Å²) < 4.78 is 7.54. The molecule has 4 aromatic rings. The number of aromatic nitrogens is 5. The van der Waals surface area contributed by atoms with E-state index in [-0.39, 0.29) is 12.1 Å². The maximum atomic E-state index is 12.4. The van der Waals surface area contributed by atoms with Crippen LogP contribution in [-0.4, -0.2) is 72.4 Å². The fourth-order valence-corrected chi connectivity index (χ4v) is 5.53.